The molecular weight excluding hydrogens is 390 g/mol. The summed E-state index contributed by atoms with van der Waals surface area (Å²) in [6, 6.07) is 11.4. The quantitative estimate of drug-likeness (QED) is 0.622. The van der Waals surface area contributed by atoms with Crippen molar-refractivity contribution in [2.45, 2.75) is 32.1 Å². The van der Waals surface area contributed by atoms with Crippen molar-refractivity contribution >= 4 is 17.5 Å². The number of likely N-dealkylation sites (tertiary alicyclic amines) is 1. The topological polar surface area (TPSA) is 73.1 Å². The van der Waals surface area contributed by atoms with Crippen LogP contribution in [0.1, 0.15) is 34.5 Å². The summed E-state index contributed by atoms with van der Waals surface area (Å²) >= 11 is 5.92. The predicted octanol–water partition coefficient (Wildman–Crippen LogP) is 3.20. The highest BCUT2D eigenvalue weighted by Gasteiger charge is 2.26. The Morgan fingerprint density at radius 3 is 2.86 bits per heavy atom. The van der Waals surface area contributed by atoms with E-state index in [1.54, 1.807) is 28.2 Å². The molecule has 7 nitrogen and oxygen atoms in total. The highest BCUT2D eigenvalue weighted by atomic mass is 35.5. The second kappa shape index (κ2) is 9.15. The van der Waals surface area contributed by atoms with E-state index in [2.05, 4.69) is 15.3 Å². The van der Waals surface area contributed by atoms with Crippen LogP contribution in [-0.4, -0.2) is 50.0 Å². The zero-order chi connectivity index (χ0) is 20.1. The molecule has 1 fully saturated rings. The van der Waals surface area contributed by atoms with E-state index < -0.39 is 0 Å². The molecule has 3 aromatic rings. The van der Waals surface area contributed by atoms with Crippen LogP contribution in [0.25, 0.3) is 0 Å². The lowest BCUT2D eigenvalue weighted by Crippen LogP contribution is -2.43. The highest BCUT2D eigenvalue weighted by molar-refractivity contribution is 6.30. The number of aromatic nitrogens is 4. The standard InChI is InChI=1S/C21H22ClN5O2/c22-18-7-5-16(6-8-18)12-27-14-20(24-25-27)21(28)26-10-2-4-19(13-26)29-15-17-3-1-9-23-11-17/h1,3,5-9,11,14,19H,2,4,10,12-13,15H2. The van der Waals surface area contributed by atoms with E-state index in [1.165, 1.54) is 0 Å². The summed E-state index contributed by atoms with van der Waals surface area (Å²) in [6.45, 7) is 2.30. The maximum Gasteiger partial charge on any atom is 0.276 e. The molecule has 4 rings (SSSR count). The number of carbonyl (C=O) groups is 1. The molecular formula is C21H22ClN5O2. The van der Waals surface area contributed by atoms with Crippen LogP contribution in [0.4, 0.5) is 0 Å². The van der Waals surface area contributed by atoms with Crippen LogP contribution in [-0.2, 0) is 17.9 Å². The van der Waals surface area contributed by atoms with Crippen molar-refractivity contribution in [1.82, 2.24) is 24.9 Å². The van der Waals surface area contributed by atoms with Gasteiger partial charge in [0.15, 0.2) is 5.69 Å². The summed E-state index contributed by atoms with van der Waals surface area (Å²) in [5.41, 5.74) is 2.42. The van der Waals surface area contributed by atoms with Crippen LogP contribution >= 0.6 is 11.6 Å². The molecule has 1 aromatic carbocycles. The van der Waals surface area contributed by atoms with Gasteiger partial charge in [0, 0.05) is 30.5 Å². The minimum Gasteiger partial charge on any atom is -0.372 e. The van der Waals surface area contributed by atoms with Crippen molar-refractivity contribution < 1.29 is 9.53 Å². The van der Waals surface area contributed by atoms with Crippen LogP contribution in [0, 0.1) is 0 Å². The molecule has 0 aliphatic carbocycles. The maximum atomic E-state index is 12.9. The van der Waals surface area contributed by atoms with E-state index in [4.69, 9.17) is 16.3 Å². The van der Waals surface area contributed by atoms with Crippen molar-refractivity contribution in [3.8, 4) is 0 Å². The number of hydrogen-bond donors (Lipinski definition) is 0. The van der Waals surface area contributed by atoms with E-state index in [-0.39, 0.29) is 12.0 Å². The molecule has 0 bridgehead atoms. The molecule has 150 valence electrons. The molecule has 1 aliphatic heterocycles. The number of rotatable bonds is 6. The second-order valence-corrected chi connectivity index (χ2v) is 7.55. The highest BCUT2D eigenvalue weighted by Crippen LogP contribution is 2.17. The third-order valence-electron chi connectivity index (χ3n) is 4.89. The van der Waals surface area contributed by atoms with Gasteiger partial charge in [0.1, 0.15) is 0 Å². The zero-order valence-electron chi connectivity index (χ0n) is 15.9. The van der Waals surface area contributed by atoms with Crippen LogP contribution in [0.2, 0.25) is 5.02 Å². The number of piperidine rings is 1. The van der Waals surface area contributed by atoms with Gasteiger partial charge in [0.05, 0.1) is 25.5 Å². The summed E-state index contributed by atoms with van der Waals surface area (Å²) in [6.07, 6.45) is 7.08. The third kappa shape index (κ3) is 5.19. The molecule has 0 saturated carbocycles. The Bertz CT molecular complexity index is 945. The molecule has 0 radical (unpaired) electrons. The Hall–Kier alpha value is -2.77. The number of halogens is 1. The molecule has 29 heavy (non-hydrogen) atoms. The monoisotopic (exact) mass is 411 g/mol. The molecule has 0 spiro atoms. The molecule has 1 saturated heterocycles. The first-order valence-corrected chi connectivity index (χ1v) is 9.99. The number of pyridine rings is 1. The Balaban J connectivity index is 1.34. The molecule has 3 heterocycles. The number of amides is 1. The Morgan fingerprint density at radius 1 is 1.21 bits per heavy atom. The summed E-state index contributed by atoms with van der Waals surface area (Å²) in [4.78, 5) is 18.8. The summed E-state index contributed by atoms with van der Waals surface area (Å²) in [7, 11) is 0. The van der Waals surface area contributed by atoms with Crippen LogP contribution in [0.3, 0.4) is 0 Å². The minimum atomic E-state index is -0.109. The van der Waals surface area contributed by atoms with Gasteiger partial charge in [0.2, 0.25) is 0 Å². The lowest BCUT2D eigenvalue weighted by Gasteiger charge is -2.32. The fourth-order valence-corrected chi connectivity index (χ4v) is 3.49. The summed E-state index contributed by atoms with van der Waals surface area (Å²) < 4.78 is 7.66. The van der Waals surface area contributed by atoms with E-state index in [0.717, 1.165) is 24.0 Å². The zero-order valence-corrected chi connectivity index (χ0v) is 16.7. The fraction of sp³-hybridized carbons (Fsp3) is 0.333. The predicted molar refractivity (Wildman–Crippen MR) is 109 cm³/mol. The first-order valence-electron chi connectivity index (χ1n) is 9.62. The molecule has 1 amide bonds. The summed E-state index contributed by atoms with van der Waals surface area (Å²) in [5, 5.41) is 8.85. The Labute approximate surface area is 174 Å². The third-order valence-corrected chi connectivity index (χ3v) is 5.14. The first-order chi connectivity index (χ1) is 14.2. The summed E-state index contributed by atoms with van der Waals surface area (Å²) in [5.74, 6) is -0.109. The van der Waals surface area contributed by atoms with Gasteiger partial charge in [-0.1, -0.05) is 35.0 Å². The van der Waals surface area contributed by atoms with Crippen molar-refractivity contribution in [2.24, 2.45) is 0 Å². The van der Waals surface area contributed by atoms with Gasteiger partial charge in [0.25, 0.3) is 5.91 Å². The van der Waals surface area contributed by atoms with Gasteiger partial charge in [-0.15, -0.1) is 5.10 Å². The van der Waals surface area contributed by atoms with Crippen molar-refractivity contribution in [2.75, 3.05) is 13.1 Å². The first kappa shape index (κ1) is 19.5. The van der Waals surface area contributed by atoms with Gasteiger partial charge in [-0.05, 0) is 42.2 Å². The molecule has 0 N–H and O–H groups in total. The number of carbonyl (C=O) groups excluding carboxylic acids is 1. The van der Waals surface area contributed by atoms with E-state index in [1.807, 2.05) is 36.4 Å². The van der Waals surface area contributed by atoms with Gasteiger partial charge >= 0.3 is 0 Å². The molecule has 1 atom stereocenters. The number of hydrogen-bond acceptors (Lipinski definition) is 5. The molecule has 8 heteroatoms. The van der Waals surface area contributed by atoms with Gasteiger partial charge in [-0.25, -0.2) is 4.68 Å². The van der Waals surface area contributed by atoms with Gasteiger partial charge in [-0.2, -0.15) is 0 Å². The lowest BCUT2D eigenvalue weighted by atomic mass is 10.1. The second-order valence-electron chi connectivity index (χ2n) is 7.12. The Morgan fingerprint density at radius 2 is 2.07 bits per heavy atom. The average molecular weight is 412 g/mol. The molecule has 1 unspecified atom stereocenters. The van der Waals surface area contributed by atoms with Gasteiger partial charge < -0.3 is 9.64 Å². The van der Waals surface area contributed by atoms with E-state index >= 15 is 0 Å². The lowest BCUT2D eigenvalue weighted by molar-refractivity contribution is -0.00697. The normalized spacial score (nSPS) is 16.7. The number of benzene rings is 1. The fourth-order valence-electron chi connectivity index (χ4n) is 3.37. The number of nitrogens with zero attached hydrogens (tertiary/aromatic N) is 5. The van der Waals surface area contributed by atoms with Gasteiger partial charge in [-0.3, -0.25) is 9.78 Å². The van der Waals surface area contributed by atoms with E-state index in [9.17, 15) is 4.79 Å². The minimum absolute atomic E-state index is 0.0111. The van der Waals surface area contributed by atoms with Crippen LogP contribution in [0.5, 0.6) is 0 Å². The molecule has 2 aromatic heterocycles. The molecule has 1 aliphatic rings. The van der Waals surface area contributed by atoms with Crippen molar-refractivity contribution in [3.63, 3.8) is 0 Å². The van der Waals surface area contributed by atoms with Crippen molar-refractivity contribution in [1.29, 1.82) is 0 Å². The average Bonchev–Trinajstić information content (AvgIpc) is 3.23. The Kier molecular flexibility index (Phi) is 6.17. The number of ether oxygens (including phenoxy) is 1. The van der Waals surface area contributed by atoms with E-state index in [0.29, 0.717) is 37.0 Å². The maximum absolute atomic E-state index is 12.9. The van der Waals surface area contributed by atoms with Crippen LogP contribution < -0.4 is 0 Å². The van der Waals surface area contributed by atoms with Crippen molar-refractivity contribution in [3.05, 3.63) is 76.8 Å². The SMILES string of the molecule is O=C(c1cn(Cc2ccc(Cl)cc2)nn1)N1CCCC(OCc2cccnc2)C1. The van der Waals surface area contributed by atoms with Crippen LogP contribution in [0.15, 0.2) is 55.0 Å². The smallest absolute Gasteiger partial charge is 0.276 e. The largest absolute Gasteiger partial charge is 0.372 e.